The van der Waals surface area contributed by atoms with E-state index in [1.165, 1.54) is 12.1 Å². The van der Waals surface area contributed by atoms with E-state index in [9.17, 15) is 10.2 Å². The van der Waals surface area contributed by atoms with Crippen LogP contribution < -0.4 is 5.73 Å². The molecule has 2 aromatic carbocycles. The molecular formula is C14H15NO2. The highest BCUT2D eigenvalue weighted by Crippen LogP contribution is 2.24. The predicted octanol–water partition coefficient (Wildman–Crippen LogP) is 2.15. The number of rotatable bonds is 3. The molecule has 0 amide bonds. The Morgan fingerprint density at radius 2 is 1.71 bits per heavy atom. The maximum Gasteiger partial charge on any atom is 0.119 e. The Kier molecular flexibility index (Phi) is 3.30. The van der Waals surface area contributed by atoms with Gasteiger partial charge in [-0.2, -0.15) is 0 Å². The molecule has 2 rings (SSSR count). The molecule has 0 atom stereocenters. The Hall–Kier alpha value is -2.00. The van der Waals surface area contributed by atoms with Crippen LogP contribution in [0.15, 0.2) is 42.5 Å². The summed E-state index contributed by atoms with van der Waals surface area (Å²) in [6, 6.07) is 12.4. The van der Waals surface area contributed by atoms with Crippen molar-refractivity contribution in [1.29, 1.82) is 0 Å². The fourth-order valence-corrected chi connectivity index (χ4v) is 1.80. The molecule has 0 unspecified atom stereocenters. The SMILES string of the molecule is NCc1cccc(Cc2cc(O)ccc2O)c1. The van der Waals surface area contributed by atoms with E-state index in [1.54, 1.807) is 6.07 Å². The standard InChI is InChI=1S/C14H15NO2/c15-9-11-3-1-2-10(6-11)7-12-8-13(16)4-5-14(12)17/h1-6,8,16-17H,7,9,15H2. The van der Waals surface area contributed by atoms with Crippen molar-refractivity contribution in [2.45, 2.75) is 13.0 Å². The second-order valence-corrected chi connectivity index (χ2v) is 4.01. The third-order valence-electron chi connectivity index (χ3n) is 2.68. The van der Waals surface area contributed by atoms with Gasteiger partial charge in [-0.3, -0.25) is 0 Å². The van der Waals surface area contributed by atoms with Crippen molar-refractivity contribution < 1.29 is 10.2 Å². The Balaban J connectivity index is 2.27. The Bertz CT molecular complexity index is 523. The lowest BCUT2D eigenvalue weighted by molar-refractivity contribution is 0.455. The van der Waals surface area contributed by atoms with Gasteiger partial charge in [0, 0.05) is 18.5 Å². The molecule has 0 fully saturated rings. The highest BCUT2D eigenvalue weighted by atomic mass is 16.3. The van der Waals surface area contributed by atoms with E-state index in [0.717, 1.165) is 11.1 Å². The molecule has 0 aromatic heterocycles. The van der Waals surface area contributed by atoms with Crippen LogP contribution in [0.3, 0.4) is 0 Å². The number of hydrogen-bond acceptors (Lipinski definition) is 3. The van der Waals surface area contributed by atoms with Crippen LogP contribution in [0, 0.1) is 0 Å². The van der Waals surface area contributed by atoms with Crippen molar-refractivity contribution in [1.82, 2.24) is 0 Å². The lowest BCUT2D eigenvalue weighted by Gasteiger charge is -2.06. The summed E-state index contributed by atoms with van der Waals surface area (Å²) in [4.78, 5) is 0. The van der Waals surface area contributed by atoms with Gasteiger partial charge in [-0.05, 0) is 29.3 Å². The Labute approximate surface area is 100 Å². The number of phenolic OH excluding ortho intramolecular Hbond substituents is 2. The molecule has 3 heteroatoms. The minimum absolute atomic E-state index is 0.160. The van der Waals surface area contributed by atoms with E-state index in [1.807, 2.05) is 24.3 Å². The zero-order valence-corrected chi connectivity index (χ0v) is 9.43. The number of phenols is 2. The van der Waals surface area contributed by atoms with Gasteiger partial charge in [0.15, 0.2) is 0 Å². The molecular weight excluding hydrogens is 214 g/mol. The van der Waals surface area contributed by atoms with Crippen LogP contribution >= 0.6 is 0 Å². The van der Waals surface area contributed by atoms with Crippen LogP contribution in [0.2, 0.25) is 0 Å². The van der Waals surface area contributed by atoms with Crippen molar-refractivity contribution in [3.63, 3.8) is 0 Å². The quantitative estimate of drug-likeness (QED) is 0.706. The summed E-state index contributed by atoms with van der Waals surface area (Å²) < 4.78 is 0. The van der Waals surface area contributed by atoms with Crippen molar-refractivity contribution in [2.24, 2.45) is 5.73 Å². The molecule has 0 saturated carbocycles. The molecule has 0 saturated heterocycles. The predicted molar refractivity (Wildman–Crippen MR) is 66.9 cm³/mol. The average molecular weight is 229 g/mol. The molecule has 4 N–H and O–H groups in total. The van der Waals surface area contributed by atoms with Crippen molar-refractivity contribution in [3.05, 3.63) is 59.2 Å². The second kappa shape index (κ2) is 4.89. The van der Waals surface area contributed by atoms with E-state index >= 15 is 0 Å². The molecule has 0 aliphatic carbocycles. The number of benzene rings is 2. The molecule has 0 aliphatic rings. The Morgan fingerprint density at radius 1 is 0.941 bits per heavy atom. The van der Waals surface area contributed by atoms with Crippen LogP contribution in [0.4, 0.5) is 0 Å². The summed E-state index contributed by atoms with van der Waals surface area (Å²) >= 11 is 0. The van der Waals surface area contributed by atoms with Crippen LogP contribution in [-0.2, 0) is 13.0 Å². The molecule has 3 nitrogen and oxygen atoms in total. The van der Waals surface area contributed by atoms with E-state index in [4.69, 9.17) is 5.73 Å². The molecule has 2 aromatic rings. The molecule has 88 valence electrons. The first-order chi connectivity index (χ1) is 8.19. The summed E-state index contributed by atoms with van der Waals surface area (Å²) in [5.74, 6) is 0.355. The largest absolute Gasteiger partial charge is 0.508 e. The maximum atomic E-state index is 9.69. The molecule has 0 bridgehead atoms. The first-order valence-corrected chi connectivity index (χ1v) is 5.48. The topological polar surface area (TPSA) is 66.5 Å². The zero-order chi connectivity index (χ0) is 12.3. The summed E-state index contributed by atoms with van der Waals surface area (Å²) in [7, 11) is 0. The van der Waals surface area contributed by atoms with Crippen LogP contribution in [0.5, 0.6) is 11.5 Å². The lowest BCUT2D eigenvalue weighted by Crippen LogP contribution is -1.97. The van der Waals surface area contributed by atoms with Gasteiger partial charge < -0.3 is 15.9 Å². The lowest BCUT2D eigenvalue weighted by atomic mass is 10.0. The minimum Gasteiger partial charge on any atom is -0.508 e. The average Bonchev–Trinajstić information content (AvgIpc) is 2.34. The third-order valence-corrected chi connectivity index (χ3v) is 2.68. The van der Waals surface area contributed by atoms with E-state index in [2.05, 4.69) is 0 Å². The summed E-state index contributed by atoms with van der Waals surface area (Å²) in [5.41, 5.74) is 8.41. The molecule has 0 radical (unpaired) electrons. The fraction of sp³-hybridized carbons (Fsp3) is 0.143. The first kappa shape index (κ1) is 11.5. The van der Waals surface area contributed by atoms with Crippen molar-refractivity contribution >= 4 is 0 Å². The van der Waals surface area contributed by atoms with Crippen LogP contribution in [0.1, 0.15) is 16.7 Å². The van der Waals surface area contributed by atoms with E-state index in [-0.39, 0.29) is 11.5 Å². The zero-order valence-electron chi connectivity index (χ0n) is 9.43. The number of hydrogen-bond donors (Lipinski definition) is 3. The van der Waals surface area contributed by atoms with Gasteiger partial charge in [0.05, 0.1) is 0 Å². The van der Waals surface area contributed by atoms with Gasteiger partial charge in [-0.1, -0.05) is 24.3 Å². The molecule has 0 aliphatic heterocycles. The third kappa shape index (κ3) is 2.77. The van der Waals surface area contributed by atoms with Gasteiger partial charge >= 0.3 is 0 Å². The summed E-state index contributed by atoms with van der Waals surface area (Å²) in [6.07, 6.45) is 0.577. The molecule has 17 heavy (non-hydrogen) atoms. The summed E-state index contributed by atoms with van der Waals surface area (Å²) in [6.45, 7) is 0.500. The van der Waals surface area contributed by atoms with E-state index < -0.39 is 0 Å². The monoisotopic (exact) mass is 229 g/mol. The van der Waals surface area contributed by atoms with Gasteiger partial charge in [-0.15, -0.1) is 0 Å². The summed E-state index contributed by atoms with van der Waals surface area (Å²) in [5, 5.41) is 19.1. The highest BCUT2D eigenvalue weighted by Gasteiger charge is 2.04. The van der Waals surface area contributed by atoms with Gasteiger partial charge in [0.1, 0.15) is 11.5 Å². The maximum absolute atomic E-state index is 9.69. The number of aromatic hydroxyl groups is 2. The first-order valence-electron chi connectivity index (χ1n) is 5.48. The molecule has 0 heterocycles. The van der Waals surface area contributed by atoms with Gasteiger partial charge in [0.2, 0.25) is 0 Å². The fourth-order valence-electron chi connectivity index (χ4n) is 1.80. The van der Waals surface area contributed by atoms with Crippen LogP contribution in [0.25, 0.3) is 0 Å². The van der Waals surface area contributed by atoms with Crippen molar-refractivity contribution in [3.8, 4) is 11.5 Å². The van der Waals surface area contributed by atoms with E-state index in [0.29, 0.717) is 18.5 Å². The second-order valence-electron chi connectivity index (χ2n) is 4.01. The minimum atomic E-state index is 0.160. The van der Waals surface area contributed by atoms with Crippen molar-refractivity contribution in [2.75, 3.05) is 0 Å². The smallest absolute Gasteiger partial charge is 0.119 e. The van der Waals surface area contributed by atoms with Crippen LogP contribution in [-0.4, -0.2) is 10.2 Å². The highest BCUT2D eigenvalue weighted by molar-refractivity contribution is 5.42. The normalized spacial score (nSPS) is 10.4. The van der Waals surface area contributed by atoms with Gasteiger partial charge in [0.25, 0.3) is 0 Å². The number of nitrogens with two attached hydrogens (primary N) is 1. The van der Waals surface area contributed by atoms with Gasteiger partial charge in [-0.25, -0.2) is 0 Å². The molecule has 0 spiro atoms. The Morgan fingerprint density at radius 3 is 2.47 bits per heavy atom.